The van der Waals surface area contributed by atoms with Gasteiger partial charge in [-0.05, 0) is 39.5 Å². The monoisotopic (exact) mass is 224 g/mol. The average molecular weight is 224 g/mol. The van der Waals surface area contributed by atoms with Crippen LogP contribution in [-0.4, -0.2) is 29.4 Å². The molecule has 0 aromatic carbocycles. The predicted molar refractivity (Wildman–Crippen MR) is 67.0 cm³/mol. The summed E-state index contributed by atoms with van der Waals surface area (Å²) >= 11 is 0. The molecule has 16 heavy (non-hydrogen) atoms. The van der Waals surface area contributed by atoms with Crippen molar-refractivity contribution >= 4 is 5.91 Å². The lowest BCUT2D eigenvalue weighted by Crippen LogP contribution is -2.51. The number of hydrogen-bond acceptors (Lipinski definition) is 2. The minimum Gasteiger partial charge on any atom is -0.334 e. The Morgan fingerprint density at radius 2 is 2.25 bits per heavy atom. The van der Waals surface area contributed by atoms with Crippen molar-refractivity contribution in [1.29, 1.82) is 0 Å². The van der Waals surface area contributed by atoms with Gasteiger partial charge in [-0.15, -0.1) is 0 Å². The molecular formula is C13H24N2O. The second kappa shape index (κ2) is 6.04. The van der Waals surface area contributed by atoms with Crippen LogP contribution in [0.4, 0.5) is 0 Å². The summed E-state index contributed by atoms with van der Waals surface area (Å²) in [5.41, 5.74) is 6.81. The molecule has 0 aromatic heterocycles. The summed E-state index contributed by atoms with van der Waals surface area (Å²) < 4.78 is 0. The Kier molecular flexibility index (Phi) is 5.00. The van der Waals surface area contributed by atoms with Gasteiger partial charge in [0.25, 0.3) is 0 Å². The molecule has 1 aliphatic heterocycles. The Hall–Kier alpha value is -0.830. The van der Waals surface area contributed by atoms with Gasteiger partial charge in [0.15, 0.2) is 0 Å². The van der Waals surface area contributed by atoms with Crippen molar-refractivity contribution in [2.75, 3.05) is 6.54 Å². The van der Waals surface area contributed by atoms with Crippen molar-refractivity contribution in [3.63, 3.8) is 0 Å². The van der Waals surface area contributed by atoms with Gasteiger partial charge in [0, 0.05) is 24.2 Å². The molecule has 0 spiro atoms. The Labute approximate surface area is 98.7 Å². The number of allylic oxidation sites excluding steroid dienone is 1. The molecule has 3 heteroatoms. The Morgan fingerprint density at radius 1 is 1.56 bits per heavy atom. The van der Waals surface area contributed by atoms with Gasteiger partial charge in [-0.2, -0.15) is 0 Å². The zero-order valence-corrected chi connectivity index (χ0v) is 10.7. The number of amides is 1. The molecule has 1 rings (SSSR count). The largest absolute Gasteiger partial charge is 0.334 e. The van der Waals surface area contributed by atoms with Gasteiger partial charge in [-0.1, -0.05) is 13.0 Å². The number of nitrogens with two attached hydrogens (primary N) is 1. The van der Waals surface area contributed by atoms with Crippen molar-refractivity contribution in [3.05, 3.63) is 11.6 Å². The van der Waals surface area contributed by atoms with Crippen LogP contribution in [0.25, 0.3) is 0 Å². The molecule has 0 bridgehead atoms. The number of piperidine rings is 1. The van der Waals surface area contributed by atoms with Crippen LogP contribution in [0.3, 0.4) is 0 Å². The molecule has 2 unspecified atom stereocenters. The van der Waals surface area contributed by atoms with E-state index in [1.807, 2.05) is 24.8 Å². The summed E-state index contributed by atoms with van der Waals surface area (Å²) in [5.74, 6) is 0.170. The van der Waals surface area contributed by atoms with Crippen LogP contribution in [0.1, 0.15) is 46.5 Å². The summed E-state index contributed by atoms with van der Waals surface area (Å²) in [6.45, 7) is 6.81. The number of carbonyl (C=O) groups is 1. The van der Waals surface area contributed by atoms with Crippen molar-refractivity contribution in [2.24, 2.45) is 5.73 Å². The fourth-order valence-electron chi connectivity index (χ4n) is 2.38. The minimum absolute atomic E-state index is 0.0682. The van der Waals surface area contributed by atoms with Crippen LogP contribution in [0, 0.1) is 0 Å². The van der Waals surface area contributed by atoms with E-state index >= 15 is 0 Å². The highest BCUT2D eigenvalue weighted by Gasteiger charge is 2.29. The first-order valence-corrected chi connectivity index (χ1v) is 6.31. The molecular weight excluding hydrogens is 200 g/mol. The molecule has 1 amide bonds. The topological polar surface area (TPSA) is 46.3 Å². The van der Waals surface area contributed by atoms with Gasteiger partial charge >= 0.3 is 0 Å². The first-order valence-electron chi connectivity index (χ1n) is 6.31. The van der Waals surface area contributed by atoms with E-state index in [0.29, 0.717) is 0 Å². The normalized spacial score (nSPS) is 24.4. The molecule has 3 nitrogen and oxygen atoms in total. The van der Waals surface area contributed by atoms with Gasteiger partial charge in [-0.25, -0.2) is 0 Å². The smallest absolute Gasteiger partial charge is 0.249 e. The van der Waals surface area contributed by atoms with Crippen molar-refractivity contribution in [3.8, 4) is 0 Å². The van der Waals surface area contributed by atoms with Gasteiger partial charge in [0.1, 0.15) is 0 Å². The molecule has 92 valence electrons. The predicted octanol–water partition coefficient (Wildman–Crippen LogP) is 2.07. The Morgan fingerprint density at radius 3 is 2.81 bits per heavy atom. The second-order valence-corrected chi connectivity index (χ2v) is 4.72. The van der Waals surface area contributed by atoms with Crippen LogP contribution in [0.2, 0.25) is 0 Å². The zero-order valence-electron chi connectivity index (χ0n) is 10.7. The molecule has 0 saturated carbocycles. The van der Waals surface area contributed by atoms with Gasteiger partial charge in [0.05, 0.1) is 0 Å². The second-order valence-electron chi connectivity index (χ2n) is 4.72. The van der Waals surface area contributed by atoms with Gasteiger partial charge in [0.2, 0.25) is 5.91 Å². The summed E-state index contributed by atoms with van der Waals surface area (Å²) in [5, 5.41) is 0. The van der Waals surface area contributed by atoms with Crippen LogP contribution >= 0.6 is 0 Å². The van der Waals surface area contributed by atoms with Crippen LogP contribution in [0.5, 0.6) is 0 Å². The van der Waals surface area contributed by atoms with Crippen LogP contribution in [0.15, 0.2) is 11.6 Å². The van der Waals surface area contributed by atoms with E-state index in [9.17, 15) is 4.79 Å². The third-order valence-electron chi connectivity index (χ3n) is 3.26. The van der Waals surface area contributed by atoms with Crippen molar-refractivity contribution < 1.29 is 4.79 Å². The van der Waals surface area contributed by atoms with Crippen LogP contribution in [-0.2, 0) is 4.79 Å². The lowest BCUT2D eigenvalue weighted by Gasteiger charge is -2.38. The summed E-state index contributed by atoms with van der Waals surface area (Å²) in [4.78, 5) is 14.2. The molecule has 2 N–H and O–H groups in total. The zero-order chi connectivity index (χ0) is 12.1. The molecule has 0 radical (unpaired) electrons. The number of hydrogen-bond donors (Lipinski definition) is 1. The first-order chi connectivity index (χ1) is 7.57. The van der Waals surface area contributed by atoms with E-state index in [1.165, 1.54) is 6.42 Å². The average Bonchev–Trinajstić information content (AvgIpc) is 2.28. The fraction of sp³-hybridized carbons (Fsp3) is 0.769. The molecule has 1 saturated heterocycles. The highest BCUT2D eigenvalue weighted by Crippen LogP contribution is 2.21. The lowest BCUT2D eigenvalue weighted by atomic mass is 9.96. The Bertz CT molecular complexity index is 271. The first kappa shape index (κ1) is 13.2. The van der Waals surface area contributed by atoms with Gasteiger partial charge in [-0.3, -0.25) is 4.79 Å². The molecule has 2 atom stereocenters. The number of likely N-dealkylation sites (tertiary alicyclic amines) is 1. The van der Waals surface area contributed by atoms with Crippen LogP contribution < -0.4 is 5.73 Å². The third kappa shape index (κ3) is 3.08. The van der Waals surface area contributed by atoms with E-state index < -0.39 is 0 Å². The highest BCUT2D eigenvalue weighted by atomic mass is 16.2. The maximum atomic E-state index is 12.2. The summed E-state index contributed by atoms with van der Waals surface area (Å²) in [6.07, 6.45) is 6.24. The number of rotatable bonds is 3. The summed E-state index contributed by atoms with van der Waals surface area (Å²) in [6, 6.07) is 0.292. The molecule has 1 heterocycles. The van der Waals surface area contributed by atoms with E-state index in [2.05, 4.69) is 6.92 Å². The van der Waals surface area contributed by atoms with E-state index in [-0.39, 0.29) is 18.0 Å². The lowest BCUT2D eigenvalue weighted by molar-refractivity contribution is -0.131. The van der Waals surface area contributed by atoms with E-state index in [0.717, 1.165) is 31.4 Å². The van der Waals surface area contributed by atoms with Crippen molar-refractivity contribution in [2.45, 2.75) is 58.5 Å². The quantitative estimate of drug-likeness (QED) is 0.746. The molecule has 1 aliphatic rings. The maximum absolute atomic E-state index is 12.2. The Balaban J connectivity index is 2.75. The van der Waals surface area contributed by atoms with Crippen molar-refractivity contribution in [1.82, 2.24) is 4.90 Å². The fourth-order valence-corrected chi connectivity index (χ4v) is 2.38. The third-order valence-corrected chi connectivity index (χ3v) is 3.26. The molecule has 1 fully saturated rings. The molecule has 0 aromatic rings. The maximum Gasteiger partial charge on any atom is 0.249 e. The minimum atomic E-state index is 0.0682. The number of nitrogens with zero attached hydrogens (tertiary/aromatic N) is 1. The van der Waals surface area contributed by atoms with Gasteiger partial charge < -0.3 is 10.6 Å². The highest BCUT2D eigenvalue weighted by molar-refractivity contribution is 5.93. The standard InChI is InChI=1S/C13H24N2O/c1-4-7-10(2)13(16)15-9-6-5-8-12(15)11(3)14/h7,11-12H,4-6,8-9,14H2,1-3H3. The number of carbonyl (C=O) groups excluding carboxylic acids is 1. The SMILES string of the molecule is CCC=C(C)C(=O)N1CCCCC1C(C)N. The van der Waals surface area contributed by atoms with E-state index in [4.69, 9.17) is 5.73 Å². The summed E-state index contributed by atoms with van der Waals surface area (Å²) in [7, 11) is 0. The van der Waals surface area contributed by atoms with E-state index in [1.54, 1.807) is 0 Å². The molecule has 0 aliphatic carbocycles.